The van der Waals surface area contributed by atoms with Gasteiger partial charge in [0, 0.05) is 47.0 Å². The molecular formula is C28H31Cl2N3O. The van der Waals surface area contributed by atoms with E-state index in [1.54, 1.807) is 6.20 Å². The second-order valence-corrected chi connectivity index (χ2v) is 9.93. The predicted octanol–water partition coefficient (Wildman–Crippen LogP) is 6.27. The molecule has 2 aliphatic rings. The lowest BCUT2D eigenvalue weighted by molar-refractivity contribution is 0.0572. The number of carbonyl (C=O) groups is 1. The summed E-state index contributed by atoms with van der Waals surface area (Å²) in [5, 5.41) is 0.753. The third-order valence-corrected chi connectivity index (χ3v) is 7.64. The van der Waals surface area contributed by atoms with Gasteiger partial charge in [-0.1, -0.05) is 54.1 Å². The molecule has 0 atom stereocenters. The van der Waals surface area contributed by atoms with Gasteiger partial charge < -0.3 is 10.6 Å². The number of hydrogen-bond acceptors (Lipinski definition) is 3. The maximum absolute atomic E-state index is 13.7. The van der Waals surface area contributed by atoms with Gasteiger partial charge in [-0.25, -0.2) is 0 Å². The zero-order valence-corrected chi connectivity index (χ0v) is 20.8. The first-order chi connectivity index (χ1) is 16.1. The maximum Gasteiger partial charge on any atom is 0.255 e. The average Bonchev–Trinajstić information content (AvgIpc) is 3.70. The molecule has 0 bridgehead atoms. The van der Waals surface area contributed by atoms with Crippen molar-refractivity contribution in [2.75, 3.05) is 6.54 Å². The van der Waals surface area contributed by atoms with Gasteiger partial charge >= 0.3 is 0 Å². The van der Waals surface area contributed by atoms with Gasteiger partial charge in [0.1, 0.15) is 0 Å². The molecule has 2 saturated carbocycles. The first-order valence-corrected chi connectivity index (χ1v) is 12.3. The molecule has 1 aromatic heterocycles. The van der Waals surface area contributed by atoms with Crippen LogP contribution in [-0.2, 0) is 5.41 Å². The first-order valence-electron chi connectivity index (χ1n) is 11.9. The van der Waals surface area contributed by atoms with E-state index in [4.69, 9.17) is 17.3 Å². The number of carbonyl (C=O) groups excluding carboxylic acids is 1. The second kappa shape index (κ2) is 10.5. The Kier molecular flexibility index (Phi) is 7.61. The minimum atomic E-state index is -0.0611. The van der Waals surface area contributed by atoms with E-state index in [9.17, 15) is 4.79 Å². The van der Waals surface area contributed by atoms with Gasteiger partial charge in [0.25, 0.3) is 5.91 Å². The highest BCUT2D eigenvalue weighted by Crippen LogP contribution is 2.43. The van der Waals surface area contributed by atoms with Crippen LogP contribution in [0.3, 0.4) is 0 Å². The van der Waals surface area contributed by atoms with Crippen molar-refractivity contribution in [2.24, 2.45) is 5.73 Å². The van der Waals surface area contributed by atoms with Gasteiger partial charge in [-0.15, -0.1) is 12.4 Å². The summed E-state index contributed by atoms with van der Waals surface area (Å²) in [5.74, 6) is 0.107. The molecule has 2 N–H and O–H groups in total. The van der Waals surface area contributed by atoms with Crippen LogP contribution in [0.15, 0.2) is 73.1 Å². The van der Waals surface area contributed by atoms with Crippen LogP contribution < -0.4 is 5.73 Å². The smallest absolute Gasteiger partial charge is 0.255 e. The number of aromatic nitrogens is 1. The lowest BCUT2D eigenvalue weighted by Crippen LogP contribution is -2.48. The second-order valence-electron chi connectivity index (χ2n) is 9.50. The molecule has 2 aromatic carbocycles. The van der Waals surface area contributed by atoms with Crippen molar-refractivity contribution in [1.82, 2.24) is 9.88 Å². The van der Waals surface area contributed by atoms with Crippen LogP contribution in [0, 0.1) is 0 Å². The number of hydrogen-bond donors (Lipinski definition) is 1. The van der Waals surface area contributed by atoms with Gasteiger partial charge in [0.15, 0.2) is 0 Å². The molecule has 1 heterocycles. The minimum Gasteiger partial charge on any atom is -0.333 e. The number of nitrogens with zero attached hydrogens (tertiary/aromatic N) is 2. The van der Waals surface area contributed by atoms with Gasteiger partial charge in [-0.05, 0) is 67.9 Å². The molecule has 1 amide bonds. The monoisotopic (exact) mass is 495 g/mol. The van der Waals surface area contributed by atoms with E-state index in [0.29, 0.717) is 18.2 Å². The Bertz CT molecular complexity index is 1130. The van der Waals surface area contributed by atoms with Gasteiger partial charge in [0.05, 0.1) is 5.56 Å². The highest BCUT2D eigenvalue weighted by Gasteiger charge is 2.43. The molecule has 0 radical (unpaired) electrons. The lowest BCUT2D eigenvalue weighted by atomic mass is 9.68. The number of halogens is 2. The van der Waals surface area contributed by atoms with E-state index in [1.807, 2.05) is 54.7 Å². The highest BCUT2D eigenvalue weighted by atomic mass is 35.5. The molecule has 34 heavy (non-hydrogen) atoms. The molecule has 2 aliphatic carbocycles. The number of benzene rings is 2. The van der Waals surface area contributed by atoms with Crippen LogP contribution in [0.5, 0.6) is 0 Å². The van der Waals surface area contributed by atoms with Gasteiger partial charge in [-0.3, -0.25) is 9.78 Å². The molecule has 4 nitrogen and oxygen atoms in total. The van der Waals surface area contributed by atoms with Crippen molar-refractivity contribution in [3.8, 4) is 11.1 Å². The van der Waals surface area contributed by atoms with Crippen LogP contribution in [0.25, 0.3) is 11.1 Å². The average molecular weight is 496 g/mol. The van der Waals surface area contributed by atoms with Crippen molar-refractivity contribution in [3.05, 3.63) is 89.2 Å². The molecule has 6 heteroatoms. The third-order valence-electron chi connectivity index (χ3n) is 7.40. The summed E-state index contributed by atoms with van der Waals surface area (Å²) >= 11 is 6.28. The summed E-state index contributed by atoms with van der Waals surface area (Å²) in [6.07, 6.45) is 9.56. The van der Waals surface area contributed by atoms with Crippen LogP contribution >= 0.6 is 24.0 Å². The fraction of sp³-hybridized carbons (Fsp3) is 0.357. The topological polar surface area (TPSA) is 59.2 Å². The van der Waals surface area contributed by atoms with Crippen LogP contribution in [-0.4, -0.2) is 34.4 Å². The number of rotatable bonds is 6. The van der Waals surface area contributed by atoms with Crippen LogP contribution in [0.2, 0.25) is 5.02 Å². The number of pyridine rings is 1. The van der Waals surface area contributed by atoms with E-state index in [0.717, 1.165) is 54.7 Å². The fourth-order valence-corrected chi connectivity index (χ4v) is 5.53. The fourth-order valence-electron chi connectivity index (χ4n) is 5.34. The molecule has 0 unspecified atom stereocenters. The Balaban J connectivity index is 0.00000274. The Morgan fingerprint density at radius 3 is 2.29 bits per heavy atom. The van der Waals surface area contributed by atoms with Crippen molar-refractivity contribution in [1.29, 1.82) is 0 Å². The summed E-state index contributed by atoms with van der Waals surface area (Å²) in [6, 6.07) is 20.8. The Morgan fingerprint density at radius 2 is 1.65 bits per heavy atom. The van der Waals surface area contributed by atoms with Gasteiger partial charge in [0.2, 0.25) is 0 Å². The molecule has 0 saturated heterocycles. The summed E-state index contributed by atoms with van der Waals surface area (Å²) in [6.45, 7) is 0.598. The molecule has 5 rings (SSSR count). The summed E-state index contributed by atoms with van der Waals surface area (Å²) in [7, 11) is 0. The predicted molar refractivity (Wildman–Crippen MR) is 141 cm³/mol. The SMILES string of the molecule is Cl.NC[C@]1(c2cccc(Cl)c2)CC[C@@H](N(C(=O)c2cncc(-c3ccccc3)c2)C2CC2)CC1. The van der Waals surface area contributed by atoms with E-state index < -0.39 is 0 Å². The number of nitrogens with two attached hydrogens (primary N) is 1. The normalized spacial score (nSPS) is 22.0. The lowest BCUT2D eigenvalue weighted by Gasteiger charge is -2.44. The molecule has 2 fully saturated rings. The Labute approximate surface area is 212 Å². The summed E-state index contributed by atoms with van der Waals surface area (Å²) < 4.78 is 0. The standard InChI is InChI=1S/C28H30ClN3O.ClH/c29-24-8-4-7-23(16-24)28(19-30)13-11-26(12-14-28)32(25-9-10-25)27(33)22-15-21(17-31-18-22)20-5-2-1-3-6-20;/h1-8,15-18,25-26H,9-14,19,30H2;1H/t26-,28+;. The Morgan fingerprint density at radius 1 is 0.941 bits per heavy atom. The van der Waals surface area contributed by atoms with E-state index in [2.05, 4.69) is 22.0 Å². The van der Waals surface area contributed by atoms with E-state index in [1.165, 1.54) is 5.56 Å². The van der Waals surface area contributed by atoms with Crippen LogP contribution in [0.1, 0.15) is 54.4 Å². The molecular weight excluding hydrogens is 465 g/mol. The molecule has 3 aromatic rings. The molecule has 0 spiro atoms. The molecule has 178 valence electrons. The summed E-state index contributed by atoms with van der Waals surface area (Å²) in [5.41, 5.74) is 10.2. The minimum absolute atomic E-state index is 0. The number of amides is 1. The first kappa shape index (κ1) is 24.7. The van der Waals surface area contributed by atoms with E-state index >= 15 is 0 Å². The zero-order chi connectivity index (χ0) is 22.8. The van der Waals surface area contributed by atoms with Gasteiger partial charge in [-0.2, -0.15) is 0 Å². The quantitative estimate of drug-likeness (QED) is 0.438. The zero-order valence-electron chi connectivity index (χ0n) is 19.2. The van der Waals surface area contributed by atoms with Crippen molar-refractivity contribution in [2.45, 2.75) is 56.0 Å². The highest BCUT2D eigenvalue weighted by molar-refractivity contribution is 6.30. The van der Waals surface area contributed by atoms with Crippen molar-refractivity contribution in [3.63, 3.8) is 0 Å². The largest absolute Gasteiger partial charge is 0.333 e. The Hall–Kier alpha value is -2.40. The van der Waals surface area contributed by atoms with Crippen molar-refractivity contribution < 1.29 is 4.79 Å². The third kappa shape index (κ3) is 5.00. The molecule has 0 aliphatic heterocycles. The van der Waals surface area contributed by atoms with Crippen molar-refractivity contribution >= 4 is 29.9 Å². The van der Waals surface area contributed by atoms with Crippen LogP contribution in [0.4, 0.5) is 0 Å². The summed E-state index contributed by atoms with van der Waals surface area (Å²) in [4.78, 5) is 20.3. The maximum atomic E-state index is 13.7. The van der Waals surface area contributed by atoms with E-state index in [-0.39, 0.29) is 29.8 Å².